The first-order valence-corrected chi connectivity index (χ1v) is 7.80. The van der Waals surface area contributed by atoms with E-state index in [4.69, 9.17) is 5.73 Å². The molecule has 1 unspecified atom stereocenters. The van der Waals surface area contributed by atoms with Crippen molar-refractivity contribution in [3.05, 3.63) is 59.2 Å². The van der Waals surface area contributed by atoms with Crippen molar-refractivity contribution in [2.45, 2.75) is 44.1 Å². The smallest absolute Gasteiger partial charge is 0.0300 e. The standard InChI is InChI=1S/C19H21N/c20-19-12-11-17-16(5-2-6-18(17)19)15-9-7-14(8-10-15)13-3-1-4-13/h2,5-10,13,19H,1,3-4,11-12,20H2. The molecule has 2 aliphatic rings. The van der Waals surface area contributed by atoms with Crippen molar-refractivity contribution in [2.75, 3.05) is 0 Å². The van der Waals surface area contributed by atoms with Crippen LogP contribution in [0.2, 0.25) is 0 Å². The predicted octanol–water partition coefficient (Wildman–Crippen LogP) is 4.57. The van der Waals surface area contributed by atoms with E-state index in [9.17, 15) is 0 Å². The molecule has 2 aromatic carbocycles. The number of benzene rings is 2. The van der Waals surface area contributed by atoms with Crippen molar-refractivity contribution in [3.63, 3.8) is 0 Å². The SMILES string of the molecule is NC1CCc2c(-c3ccc(C4CCC4)cc3)cccc21. The summed E-state index contributed by atoms with van der Waals surface area (Å²) >= 11 is 0. The maximum atomic E-state index is 6.18. The van der Waals surface area contributed by atoms with Crippen molar-refractivity contribution in [2.24, 2.45) is 5.73 Å². The number of rotatable bonds is 2. The van der Waals surface area contributed by atoms with Gasteiger partial charge in [-0.1, -0.05) is 48.9 Å². The minimum absolute atomic E-state index is 0.235. The van der Waals surface area contributed by atoms with Gasteiger partial charge in [0.15, 0.2) is 0 Å². The molecule has 102 valence electrons. The van der Waals surface area contributed by atoms with E-state index in [-0.39, 0.29) is 6.04 Å². The molecule has 0 saturated heterocycles. The van der Waals surface area contributed by atoms with Gasteiger partial charge < -0.3 is 5.73 Å². The van der Waals surface area contributed by atoms with Crippen LogP contribution in [0.15, 0.2) is 42.5 Å². The average Bonchev–Trinajstić information content (AvgIpc) is 2.80. The largest absolute Gasteiger partial charge is 0.324 e. The number of hydrogen-bond acceptors (Lipinski definition) is 1. The fourth-order valence-electron chi connectivity index (χ4n) is 3.63. The number of fused-ring (bicyclic) bond motifs is 1. The van der Waals surface area contributed by atoms with Crippen LogP contribution in [0, 0.1) is 0 Å². The molecule has 0 spiro atoms. The van der Waals surface area contributed by atoms with Crippen molar-refractivity contribution < 1.29 is 0 Å². The Kier molecular flexibility index (Phi) is 2.89. The van der Waals surface area contributed by atoms with E-state index in [0.717, 1.165) is 18.8 Å². The van der Waals surface area contributed by atoms with Gasteiger partial charge in [-0.05, 0) is 59.4 Å². The van der Waals surface area contributed by atoms with Crippen LogP contribution < -0.4 is 5.73 Å². The summed E-state index contributed by atoms with van der Waals surface area (Å²) in [5.41, 5.74) is 13.3. The van der Waals surface area contributed by atoms with E-state index >= 15 is 0 Å². The first-order valence-electron chi connectivity index (χ1n) is 7.80. The molecule has 1 nitrogen and oxygen atoms in total. The fraction of sp³-hybridized carbons (Fsp3) is 0.368. The molecule has 0 aromatic heterocycles. The summed E-state index contributed by atoms with van der Waals surface area (Å²) in [5, 5.41) is 0. The van der Waals surface area contributed by atoms with Crippen LogP contribution in [0.5, 0.6) is 0 Å². The molecule has 2 N–H and O–H groups in total. The highest BCUT2D eigenvalue weighted by Gasteiger charge is 2.22. The minimum Gasteiger partial charge on any atom is -0.324 e. The Labute approximate surface area is 120 Å². The Morgan fingerprint density at radius 1 is 0.900 bits per heavy atom. The molecule has 0 heterocycles. The molecule has 0 amide bonds. The van der Waals surface area contributed by atoms with E-state index in [2.05, 4.69) is 42.5 Å². The molecule has 20 heavy (non-hydrogen) atoms. The fourth-order valence-corrected chi connectivity index (χ4v) is 3.63. The highest BCUT2D eigenvalue weighted by molar-refractivity contribution is 5.70. The first-order chi connectivity index (χ1) is 9.83. The molecule has 0 radical (unpaired) electrons. The lowest BCUT2D eigenvalue weighted by Crippen LogP contribution is -2.08. The van der Waals surface area contributed by atoms with Gasteiger partial charge in [0.1, 0.15) is 0 Å². The Hall–Kier alpha value is -1.60. The second-order valence-electron chi connectivity index (χ2n) is 6.27. The Morgan fingerprint density at radius 2 is 1.70 bits per heavy atom. The van der Waals surface area contributed by atoms with Crippen molar-refractivity contribution >= 4 is 0 Å². The molecule has 1 saturated carbocycles. The quantitative estimate of drug-likeness (QED) is 0.844. The predicted molar refractivity (Wildman–Crippen MR) is 83.7 cm³/mol. The van der Waals surface area contributed by atoms with Crippen LogP contribution in [0.3, 0.4) is 0 Å². The van der Waals surface area contributed by atoms with Crippen LogP contribution in [0.1, 0.15) is 54.3 Å². The third-order valence-corrected chi connectivity index (χ3v) is 5.12. The monoisotopic (exact) mass is 263 g/mol. The zero-order valence-corrected chi connectivity index (χ0v) is 11.8. The Balaban J connectivity index is 1.71. The molecular formula is C19H21N. The van der Waals surface area contributed by atoms with Gasteiger partial charge in [0.25, 0.3) is 0 Å². The lowest BCUT2D eigenvalue weighted by Gasteiger charge is -2.25. The van der Waals surface area contributed by atoms with Crippen molar-refractivity contribution in [1.82, 2.24) is 0 Å². The van der Waals surface area contributed by atoms with Gasteiger partial charge in [-0.15, -0.1) is 0 Å². The van der Waals surface area contributed by atoms with E-state index in [1.165, 1.54) is 47.1 Å². The van der Waals surface area contributed by atoms with E-state index in [1.54, 1.807) is 0 Å². The topological polar surface area (TPSA) is 26.0 Å². The molecule has 2 aromatic rings. The summed E-state index contributed by atoms with van der Waals surface area (Å²) in [6.07, 6.45) is 6.35. The molecular weight excluding hydrogens is 242 g/mol. The van der Waals surface area contributed by atoms with Crippen LogP contribution in [-0.2, 0) is 6.42 Å². The average molecular weight is 263 g/mol. The van der Waals surface area contributed by atoms with Gasteiger partial charge in [-0.25, -0.2) is 0 Å². The van der Waals surface area contributed by atoms with Crippen LogP contribution in [0.4, 0.5) is 0 Å². The highest BCUT2D eigenvalue weighted by atomic mass is 14.6. The van der Waals surface area contributed by atoms with Gasteiger partial charge in [0.05, 0.1) is 0 Å². The normalized spacial score (nSPS) is 21.6. The van der Waals surface area contributed by atoms with E-state index in [0.29, 0.717) is 0 Å². The van der Waals surface area contributed by atoms with Crippen molar-refractivity contribution in [3.8, 4) is 11.1 Å². The van der Waals surface area contributed by atoms with Gasteiger partial charge in [-0.3, -0.25) is 0 Å². The van der Waals surface area contributed by atoms with Gasteiger partial charge in [-0.2, -0.15) is 0 Å². The van der Waals surface area contributed by atoms with Crippen LogP contribution in [-0.4, -0.2) is 0 Å². The lowest BCUT2D eigenvalue weighted by atomic mass is 9.79. The zero-order valence-electron chi connectivity index (χ0n) is 11.8. The molecule has 1 fully saturated rings. The summed E-state index contributed by atoms with van der Waals surface area (Å²) in [6, 6.07) is 16.1. The highest BCUT2D eigenvalue weighted by Crippen LogP contribution is 2.39. The molecule has 4 rings (SSSR count). The summed E-state index contributed by atoms with van der Waals surface area (Å²) in [5.74, 6) is 0.818. The molecule has 1 atom stereocenters. The van der Waals surface area contributed by atoms with Gasteiger partial charge in [0, 0.05) is 6.04 Å². The molecule has 0 bridgehead atoms. The maximum Gasteiger partial charge on any atom is 0.0300 e. The van der Waals surface area contributed by atoms with E-state index < -0.39 is 0 Å². The first kappa shape index (κ1) is 12.2. The summed E-state index contributed by atoms with van der Waals surface area (Å²) in [7, 11) is 0. The number of hydrogen-bond donors (Lipinski definition) is 1. The summed E-state index contributed by atoms with van der Waals surface area (Å²) in [6.45, 7) is 0. The van der Waals surface area contributed by atoms with Crippen LogP contribution in [0.25, 0.3) is 11.1 Å². The second kappa shape index (κ2) is 4.75. The third kappa shape index (κ3) is 1.89. The van der Waals surface area contributed by atoms with Crippen LogP contribution >= 0.6 is 0 Å². The third-order valence-electron chi connectivity index (χ3n) is 5.12. The Morgan fingerprint density at radius 3 is 2.40 bits per heavy atom. The van der Waals surface area contributed by atoms with E-state index in [1.807, 2.05) is 0 Å². The molecule has 0 aliphatic heterocycles. The molecule has 2 aliphatic carbocycles. The lowest BCUT2D eigenvalue weighted by molar-refractivity contribution is 0.420. The number of nitrogens with two attached hydrogens (primary N) is 1. The van der Waals surface area contributed by atoms with Gasteiger partial charge >= 0.3 is 0 Å². The summed E-state index contributed by atoms with van der Waals surface area (Å²) < 4.78 is 0. The maximum absolute atomic E-state index is 6.18. The van der Waals surface area contributed by atoms with Crippen molar-refractivity contribution in [1.29, 1.82) is 0 Å². The minimum atomic E-state index is 0.235. The Bertz CT molecular complexity index is 623. The second-order valence-corrected chi connectivity index (χ2v) is 6.27. The summed E-state index contributed by atoms with van der Waals surface area (Å²) in [4.78, 5) is 0. The zero-order chi connectivity index (χ0) is 13.5. The molecule has 1 heteroatoms. The van der Waals surface area contributed by atoms with Gasteiger partial charge in [0.2, 0.25) is 0 Å².